The Balaban J connectivity index is 2.01. The molecule has 0 fully saturated rings. The van der Waals surface area contributed by atoms with Crippen LogP contribution in [0.1, 0.15) is 18.9 Å². The number of nitrogens with one attached hydrogen (secondary N) is 1. The molecule has 0 saturated carbocycles. The van der Waals surface area contributed by atoms with E-state index in [0.717, 1.165) is 12.1 Å². The summed E-state index contributed by atoms with van der Waals surface area (Å²) in [6.07, 6.45) is 0.353. The number of phenols is 1. The normalized spacial score (nSPS) is 11.2. The summed E-state index contributed by atoms with van der Waals surface area (Å²) in [4.78, 5) is 11.7. The van der Waals surface area contributed by atoms with Crippen molar-refractivity contribution in [3.8, 4) is 11.5 Å². The van der Waals surface area contributed by atoms with Crippen LogP contribution in [0.4, 0.5) is 8.78 Å². The largest absolute Gasteiger partial charge is 0.507 e. The molecule has 126 valence electrons. The third kappa shape index (κ3) is 4.52. The SMILES string of the molecule is CC/C(=N\NC(=O)COc1ccccc1F)c1cc(F)ccc1O. The first-order valence-electron chi connectivity index (χ1n) is 7.23. The maximum atomic E-state index is 13.4. The van der Waals surface area contributed by atoms with Gasteiger partial charge in [0.25, 0.3) is 5.91 Å². The highest BCUT2D eigenvalue weighted by molar-refractivity contribution is 6.03. The van der Waals surface area contributed by atoms with E-state index in [1.165, 1.54) is 24.3 Å². The molecular formula is C17H16F2N2O3. The highest BCUT2D eigenvalue weighted by Gasteiger charge is 2.10. The molecule has 7 heteroatoms. The van der Waals surface area contributed by atoms with Crippen LogP contribution in [0, 0.1) is 11.6 Å². The van der Waals surface area contributed by atoms with Crippen molar-refractivity contribution in [2.24, 2.45) is 5.10 Å². The van der Waals surface area contributed by atoms with E-state index in [1.54, 1.807) is 13.0 Å². The van der Waals surface area contributed by atoms with Crippen molar-refractivity contribution in [1.29, 1.82) is 0 Å². The molecule has 0 aliphatic rings. The van der Waals surface area contributed by atoms with Gasteiger partial charge in [0.15, 0.2) is 18.2 Å². The third-order valence-corrected chi connectivity index (χ3v) is 3.12. The molecule has 0 atom stereocenters. The molecule has 2 rings (SSSR count). The number of carbonyl (C=O) groups is 1. The number of ether oxygens (including phenoxy) is 1. The molecule has 0 bridgehead atoms. The lowest BCUT2D eigenvalue weighted by atomic mass is 10.1. The summed E-state index contributed by atoms with van der Waals surface area (Å²) >= 11 is 0. The predicted octanol–water partition coefficient (Wildman–Crippen LogP) is 2.98. The summed E-state index contributed by atoms with van der Waals surface area (Å²) in [5, 5.41) is 13.6. The van der Waals surface area contributed by atoms with E-state index in [2.05, 4.69) is 10.5 Å². The summed E-state index contributed by atoms with van der Waals surface area (Å²) in [5.74, 6) is -1.91. The van der Waals surface area contributed by atoms with Crippen molar-refractivity contribution in [2.45, 2.75) is 13.3 Å². The molecule has 1 amide bonds. The molecule has 0 heterocycles. The van der Waals surface area contributed by atoms with Crippen LogP contribution in [0.3, 0.4) is 0 Å². The predicted molar refractivity (Wildman–Crippen MR) is 84.9 cm³/mol. The molecule has 0 saturated heterocycles. The molecule has 0 unspecified atom stereocenters. The number of benzene rings is 2. The van der Waals surface area contributed by atoms with Gasteiger partial charge in [-0.05, 0) is 36.8 Å². The van der Waals surface area contributed by atoms with Gasteiger partial charge in [-0.15, -0.1) is 0 Å². The Bertz CT molecular complexity index is 763. The fourth-order valence-electron chi connectivity index (χ4n) is 1.94. The Morgan fingerprint density at radius 3 is 2.71 bits per heavy atom. The fourth-order valence-corrected chi connectivity index (χ4v) is 1.94. The molecule has 0 aromatic heterocycles. The number of para-hydroxylation sites is 1. The molecule has 2 aromatic carbocycles. The van der Waals surface area contributed by atoms with Crippen molar-refractivity contribution in [1.82, 2.24) is 5.43 Å². The molecule has 0 aliphatic heterocycles. The molecule has 24 heavy (non-hydrogen) atoms. The lowest BCUT2D eigenvalue weighted by molar-refractivity contribution is -0.123. The van der Waals surface area contributed by atoms with Crippen LogP contribution in [-0.4, -0.2) is 23.3 Å². The molecular weight excluding hydrogens is 318 g/mol. The van der Waals surface area contributed by atoms with Crippen molar-refractivity contribution < 1.29 is 23.4 Å². The van der Waals surface area contributed by atoms with Gasteiger partial charge in [0.2, 0.25) is 0 Å². The third-order valence-electron chi connectivity index (χ3n) is 3.12. The summed E-state index contributed by atoms with van der Waals surface area (Å²) in [5.41, 5.74) is 2.72. The molecule has 0 radical (unpaired) electrons. The quantitative estimate of drug-likeness (QED) is 0.630. The zero-order valence-electron chi connectivity index (χ0n) is 12.9. The smallest absolute Gasteiger partial charge is 0.277 e. The topological polar surface area (TPSA) is 70.9 Å². The fraction of sp³-hybridized carbons (Fsp3) is 0.176. The zero-order chi connectivity index (χ0) is 17.5. The number of amides is 1. The van der Waals surface area contributed by atoms with Crippen LogP contribution in [-0.2, 0) is 4.79 Å². The molecule has 2 aromatic rings. The van der Waals surface area contributed by atoms with Gasteiger partial charge in [0.05, 0.1) is 5.71 Å². The van der Waals surface area contributed by atoms with Crippen LogP contribution in [0.2, 0.25) is 0 Å². The van der Waals surface area contributed by atoms with E-state index in [4.69, 9.17) is 4.74 Å². The maximum Gasteiger partial charge on any atom is 0.277 e. The first-order chi connectivity index (χ1) is 11.5. The van der Waals surface area contributed by atoms with E-state index in [9.17, 15) is 18.7 Å². The van der Waals surface area contributed by atoms with Crippen LogP contribution in [0.25, 0.3) is 0 Å². The second-order valence-electron chi connectivity index (χ2n) is 4.83. The summed E-state index contributed by atoms with van der Waals surface area (Å²) < 4.78 is 31.7. The minimum absolute atomic E-state index is 0.0462. The standard InChI is InChI=1S/C17H16F2N2O3/c1-2-14(12-9-11(18)7-8-15(12)22)20-21-17(23)10-24-16-6-4-3-5-13(16)19/h3-9,22H,2,10H2,1H3,(H,21,23)/b20-14+. The highest BCUT2D eigenvalue weighted by atomic mass is 19.1. The Labute approximate surface area is 137 Å². The molecule has 0 spiro atoms. The zero-order valence-corrected chi connectivity index (χ0v) is 12.9. The summed E-state index contributed by atoms with van der Waals surface area (Å²) in [6.45, 7) is 1.31. The van der Waals surface area contributed by atoms with Gasteiger partial charge in [-0.1, -0.05) is 19.1 Å². The average Bonchev–Trinajstić information content (AvgIpc) is 2.57. The lowest BCUT2D eigenvalue weighted by Gasteiger charge is -2.08. The Morgan fingerprint density at radius 2 is 2.00 bits per heavy atom. The average molecular weight is 334 g/mol. The van der Waals surface area contributed by atoms with Crippen LogP contribution in [0.15, 0.2) is 47.6 Å². The van der Waals surface area contributed by atoms with Gasteiger partial charge >= 0.3 is 0 Å². The molecule has 5 nitrogen and oxygen atoms in total. The van der Waals surface area contributed by atoms with Gasteiger partial charge in [0, 0.05) is 5.56 Å². The van der Waals surface area contributed by atoms with E-state index in [1.807, 2.05) is 0 Å². The van der Waals surface area contributed by atoms with Gasteiger partial charge in [-0.2, -0.15) is 5.10 Å². The number of halogens is 2. The van der Waals surface area contributed by atoms with E-state index in [0.29, 0.717) is 12.1 Å². The molecule has 0 aliphatic carbocycles. The van der Waals surface area contributed by atoms with E-state index in [-0.39, 0.29) is 17.1 Å². The number of hydrazone groups is 1. The number of nitrogens with zero attached hydrogens (tertiary/aromatic N) is 1. The Hall–Kier alpha value is -2.96. The highest BCUT2D eigenvalue weighted by Crippen LogP contribution is 2.20. The lowest BCUT2D eigenvalue weighted by Crippen LogP contribution is -2.26. The number of carbonyl (C=O) groups excluding carboxylic acids is 1. The van der Waals surface area contributed by atoms with Gasteiger partial charge < -0.3 is 9.84 Å². The summed E-state index contributed by atoms with van der Waals surface area (Å²) in [6, 6.07) is 9.15. The number of rotatable bonds is 6. The number of phenolic OH excluding ortho intramolecular Hbond substituents is 1. The second-order valence-corrected chi connectivity index (χ2v) is 4.83. The van der Waals surface area contributed by atoms with Crippen LogP contribution < -0.4 is 10.2 Å². The van der Waals surface area contributed by atoms with Crippen molar-refractivity contribution in [3.63, 3.8) is 0 Å². The Kier molecular flexibility index (Phi) is 5.83. The number of hydrogen-bond donors (Lipinski definition) is 2. The summed E-state index contributed by atoms with van der Waals surface area (Å²) in [7, 11) is 0. The minimum atomic E-state index is -0.611. The van der Waals surface area contributed by atoms with Crippen molar-refractivity contribution in [2.75, 3.05) is 6.61 Å². The number of hydrogen-bond acceptors (Lipinski definition) is 4. The van der Waals surface area contributed by atoms with Gasteiger partial charge in [-0.3, -0.25) is 4.79 Å². The maximum absolute atomic E-state index is 13.4. The monoisotopic (exact) mass is 334 g/mol. The minimum Gasteiger partial charge on any atom is -0.507 e. The first kappa shape index (κ1) is 17.4. The van der Waals surface area contributed by atoms with E-state index < -0.39 is 24.1 Å². The number of aromatic hydroxyl groups is 1. The van der Waals surface area contributed by atoms with Gasteiger partial charge in [-0.25, -0.2) is 14.2 Å². The first-order valence-corrected chi connectivity index (χ1v) is 7.23. The van der Waals surface area contributed by atoms with E-state index >= 15 is 0 Å². The van der Waals surface area contributed by atoms with Crippen LogP contribution >= 0.6 is 0 Å². The second kappa shape index (κ2) is 8.05. The van der Waals surface area contributed by atoms with Gasteiger partial charge in [0.1, 0.15) is 11.6 Å². The van der Waals surface area contributed by atoms with Crippen LogP contribution in [0.5, 0.6) is 11.5 Å². The van der Waals surface area contributed by atoms with Crippen molar-refractivity contribution >= 4 is 11.6 Å². The Morgan fingerprint density at radius 1 is 1.25 bits per heavy atom. The van der Waals surface area contributed by atoms with Crippen molar-refractivity contribution in [3.05, 3.63) is 59.7 Å². The molecule has 2 N–H and O–H groups in total.